The molecular formula is C12H14BrFO3. The Bertz CT molecular complexity index is 444. The molecule has 1 aromatic rings. The third kappa shape index (κ3) is 3.19. The number of rotatable bonds is 4. The fraction of sp³-hybridized carbons (Fsp3) is 0.417. The van der Waals surface area contributed by atoms with Crippen molar-refractivity contribution in [3.05, 3.63) is 28.0 Å². The summed E-state index contributed by atoms with van der Waals surface area (Å²) in [6, 6.07) is 2.57. The zero-order valence-electron chi connectivity index (χ0n) is 9.88. The number of carbonyl (C=O) groups is 1. The van der Waals surface area contributed by atoms with E-state index in [1.807, 2.05) is 0 Å². The second-order valence-electron chi connectivity index (χ2n) is 4.45. The zero-order valence-corrected chi connectivity index (χ0v) is 11.5. The highest BCUT2D eigenvalue weighted by Crippen LogP contribution is 2.34. The molecule has 0 aromatic heterocycles. The van der Waals surface area contributed by atoms with Gasteiger partial charge in [-0.2, -0.15) is 0 Å². The average molecular weight is 305 g/mol. The summed E-state index contributed by atoms with van der Waals surface area (Å²) in [6.45, 7) is 3.19. The predicted molar refractivity (Wildman–Crippen MR) is 65.8 cm³/mol. The van der Waals surface area contributed by atoms with Gasteiger partial charge < -0.3 is 9.84 Å². The summed E-state index contributed by atoms with van der Waals surface area (Å²) >= 11 is 3.29. The van der Waals surface area contributed by atoms with Gasteiger partial charge in [0.25, 0.3) is 0 Å². The number of aliphatic carboxylic acids is 1. The summed E-state index contributed by atoms with van der Waals surface area (Å²) in [7, 11) is 1.44. The SMILES string of the molecule is COc1cc(F)cc(CC(C)(C)C(=O)O)c1Br. The molecule has 1 rings (SSSR count). The Balaban J connectivity index is 3.15. The Morgan fingerprint density at radius 2 is 2.12 bits per heavy atom. The Morgan fingerprint density at radius 3 is 2.59 bits per heavy atom. The second kappa shape index (κ2) is 5.04. The van der Waals surface area contributed by atoms with Crippen LogP contribution in [0.4, 0.5) is 4.39 Å². The Morgan fingerprint density at radius 1 is 1.53 bits per heavy atom. The standard InChI is InChI=1S/C12H14BrFO3/c1-12(2,11(15)16)6-7-4-8(14)5-9(17-3)10(7)13/h4-5H,6H2,1-3H3,(H,15,16). The first-order valence-corrected chi connectivity index (χ1v) is 5.82. The number of benzene rings is 1. The molecule has 0 fully saturated rings. The summed E-state index contributed by atoms with van der Waals surface area (Å²) in [6.07, 6.45) is 0.219. The summed E-state index contributed by atoms with van der Waals surface area (Å²) in [5, 5.41) is 9.05. The molecule has 3 nitrogen and oxygen atoms in total. The van der Waals surface area contributed by atoms with Crippen molar-refractivity contribution in [2.45, 2.75) is 20.3 Å². The minimum Gasteiger partial charge on any atom is -0.495 e. The zero-order chi connectivity index (χ0) is 13.2. The van der Waals surface area contributed by atoms with E-state index in [1.165, 1.54) is 19.2 Å². The topological polar surface area (TPSA) is 46.5 Å². The molecule has 17 heavy (non-hydrogen) atoms. The van der Waals surface area contributed by atoms with Gasteiger partial charge in [-0.25, -0.2) is 4.39 Å². The van der Waals surface area contributed by atoms with Crippen LogP contribution < -0.4 is 4.74 Å². The summed E-state index contributed by atoms with van der Waals surface area (Å²) in [4.78, 5) is 11.0. The van der Waals surface area contributed by atoms with Crippen LogP contribution in [0.15, 0.2) is 16.6 Å². The van der Waals surface area contributed by atoms with Crippen molar-refractivity contribution in [2.75, 3.05) is 7.11 Å². The molecule has 1 aromatic carbocycles. The van der Waals surface area contributed by atoms with Gasteiger partial charge >= 0.3 is 5.97 Å². The Kier molecular flexibility index (Phi) is 4.14. The molecule has 0 spiro atoms. The number of halogens is 2. The summed E-state index contributed by atoms with van der Waals surface area (Å²) in [5.74, 6) is -1.00. The average Bonchev–Trinajstić information content (AvgIpc) is 2.22. The van der Waals surface area contributed by atoms with E-state index in [1.54, 1.807) is 13.8 Å². The van der Waals surface area contributed by atoms with E-state index in [-0.39, 0.29) is 6.42 Å². The molecule has 0 unspecified atom stereocenters. The van der Waals surface area contributed by atoms with Gasteiger partial charge in [0.1, 0.15) is 11.6 Å². The van der Waals surface area contributed by atoms with Crippen molar-refractivity contribution >= 4 is 21.9 Å². The smallest absolute Gasteiger partial charge is 0.309 e. The minimum absolute atomic E-state index is 0.219. The van der Waals surface area contributed by atoms with E-state index < -0.39 is 17.2 Å². The number of hydrogen-bond acceptors (Lipinski definition) is 2. The van der Waals surface area contributed by atoms with Crippen LogP contribution in [-0.4, -0.2) is 18.2 Å². The lowest BCUT2D eigenvalue weighted by Crippen LogP contribution is -2.26. The molecule has 0 saturated heterocycles. The lowest BCUT2D eigenvalue weighted by molar-refractivity contribution is -0.146. The van der Waals surface area contributed by atoms with Crippen LogP contribution in [-0.2, 0) is 11.2 Å². The van der Waals surface area contributed by atoms with Crippen LogP contribution >= 0.6 is 15.9 Å². The normalized spacial score (nSPS) is 11.4. The Hall–Kier alpha value is -1.10. The highest BCUT2D eigenvalue weighted by Gasteiger charge is 2.29. The van der Waals surface area contributed by atoms with Gasteiger partial charge in [-0.1, -0.05) is 0 Å². The predicted octanol–water partition coefficient (Wildman–Crippen LogP) is 3.25. The monoisotopic (exact) mass is 304 g/mol. The fourth-order valence-electron chi connectivity index (χ4n) is 1.45. The van der Waals surface area contributed by atoms with Crippen LogP contribution in [0.3, 0.4) is 0 Å². The van der Waals surface area contributed by atoms with Crippen molar-refractivity contribution in [3.63, 3.8) is 0 Å². The maximum absolute atomic E-state index is 13.3. The van der Waals surface area contributed by atoms with Crippen LogP contribution in [0.1, 0.15) is 19.4 Å². The van der Waals surface area contributed by atoms with Crippen molar-refractivity contribution in [3.8, 4) is 5.75 Å². The van der Waals surface area contributed by atoms with Gasteiger partial charge in [-0.3, -0.25) is 4.79 Å². The molecule has 0 bridgehead atoms. The maximum atomic E-state index is 13.3. The number of carboxylic acid groups (broad SMARTS) is 1. The maximum Gasteiger partial charge on any atom is 0.309 e. The third-order valence-electron chi connectivity index (χ3n) is 2.51. The first-order valence-electron chi connectivity index (χ1n) is 5.03. The molecule has 94 valence electrons. The largest absolute Gasteiger partial charge is 0.495 e. The lowest BCUT2D eigenvalue weighted by Gasteiger charge is -2.20. The fourth-order valence-corrected chi connectivity index (χ4v) is 1.98. The van der Waals surface area contributed by atoms with Crippen molar-refractivity contribution in [1.29, 1.82) is 0 Å². The third-order valence-corrected chi connectivity index (χ3v) is 3.41. The van der Waals surface area contributed by atoms with Gasteiger partial charge in [-0.05, 0) is 47.8 Å². The minimum atomic E-state index is -0.957. The second-order valence-corrected chi connectivity index (χ2v) is 5.24. The molecule has 0 atom stereocenters. The highest BCUT2D eigenvalue weighted by molar-refractivity contribution is 9.10. The summed E-state index contributed by atoms with van der Waals surface area (Å²) < 4.78 is 18.9. The van der Waals surface area contributed by atoms with E-state index in [4.69, 9.17) is 9.84 Å². The number of hydrogen-bond donors (Lipinski definition) is 1. The van der Waals surface area contributed by atoms with Gasteiger partial charge in [0.05, 0.1) is 17.0 Å². The quantitative estimate of drug-likeness (QED) is 0.929. The molecule has 0 aliphatic rings. The van der Waals surface area contributed by atoms with Crippen LogP contribution in [0.2, 0.25) is 0 Å². The van der Waals surface area contributed by atoms with E-state index in [9.17, 15) is 9.18 Å². The van der Waals surface area contributed by atoms with Crippen molar-refractivity contribution in [2.24, 2.45) is 5.41 Å². The lowest BCUT2D eigenvalue weighted by atomic mass is 9.86. The van der Waals surface area contributed by atoms with Gasteiger partial charge in [0.2, 0.25) is 0 Å². The molecule has 0 aliphatic heterocycles. The number of carboxylic acids is 1. The first-order chi connectivity index (χ1) is 7.77. The summed E-state index contributed by atoms with van der Waals surface area (Å²) in [5.41, 5.74) is -0.379. The molecule has 0 saturated carbocycles. The van der Waals surface area contributed by atoms with Crippen molar-refractivity contribution < 1.29 is 19.0 Å². The van der Waals surface area contributed by atoms with E-state index in [0.717, 1.165) is 0 Å². The van der Waals surface area contributed by atoms with E-state index >= 15 is 0 Å². The van der Waals surface area contributed by atoms with Gasteiger partial charge in [0.15, 0.2) is 0 Å². The van der Waals surface area contributed by atoms with Crippen molar-refractivity contribution in [1.82, 2.24) is 0 Å². The number of methoxy groups -OCH3 is 1. The molecule has 1 N–H and O–H groups in total. The van der Waals surface area contributed by atoms with E-state index in [0.29, 0.717) is 15.8 Å². The molecule has 5 heteroatoms. The van der Waals surface area contributed by atoms with E-state index in [2.05, 4.69) is 15.9 Å². The first kappa shape index (κ1) is 14.0. The van der Waals surface area contributed by atoms with Crippen LogP contribution in [0.5, 0.6) is 5.75 Å². The van der Waals surface area contributed by atoms with Crippen LogP contribution in [0.25, 0.3) is 0 Å². The molecule has 0 heterocycles. The highest BCUT2D eigenvalue weighted by atomic mass is 79.9. The molecule has 0 radical (unpaired) electrons. The molecule has 0 amide bonds. The van der Waals surface area contributed by atoms with Gasteiger partial charge in [-0.15, -0.1) is 0 Å². The number of ether oxygens (including phenoxy) is 1. The molecular weight excluding hydrogens is 291 g/mol. The van der Waals surface area contributed by atoms with Gasteiger partial charge in [0, 0.05) is 6.07 Å². The van der Waals surface area contributed by atoms with Crippen LogP contribution in [0, 0.1) is 11.2 Å². The molecule has 0 aliphatic carbocycles. The Labute approximate surface area is 108 Å².